The van der Waals surface area contributed by atoms with E-state index in [1.165, 1.54) is 0 Å². The molecule has 21 heavy (non-hydrogen) atoms. The maximum absolute atomic E-state index is 12.1. The Bertz CT molecular complexity index is 534. The Hall–Kier alpha value is -1.88. The molecule has 1 aliphatic heterocycles. The molecule has 2 amide bonds. The Morgan fingerprint density at radius 2 is 2.10 bits per heavy atom. The molecule has 1 aromatic rings. The van der Waals surface area contributed by atoms with E-state index in [-0.39, 0.29) is 23.8 Å². The number of benzene rings is 1. The minimum atomic E-state index is -0.131. The Labute approximate surface area is 124 Å². The van der Waals surface area contributed by atoms with Crippen LogP contribution in [0, 0.1) is 5.92 Å². The van der Waals surface area contributed by atoms with Gasteiger partial charge in [0, 0.05) is 30.3 Å². The van der Waals surface area contributed by atoms with Gasteiger partial charge < -0.3 is 15.4 Å². The zero-order valence-corrected chi connectivity index (χ0v) is 11.9. The van der Waals surface area contributed by atoms with E-state index in [1.54, 1.807) is 24.3 Å². The lowest BCUT2D eigenvalue weighted by Crippen LogP contribution is -2.31. The van der Waals surface area contributed by atoms with Gasteiger partial charge >= 0.3 is 0 Å². The molecule has 1 saturated carbocycles. The lowest BCUT2D eigenvalue weighted by Gasteiger charge is -2.11. The quantitative estimate of drug-likeness (QED) is 0.870. The Kier molecular flexibility index (Phi) is 4.20. The number of carbonyl (C=O) groups excluding carboxylic acids is 2. The molecule has 2 N–H and O–H groups in total. The summed E-state index contributed by atoms with van der Waals surface area (Å²) in [6.07, 6.45) is 4.12. The lowest BCUT2D eigenvalue weighted by molar-refractivity contribution is -0.117. The van der Waals surface area contributed by atoms with E-state index in [0.29, 0.717) is 17.8 Å². The van der Waals surface area contributed by atoms with Crippen LogP contribution in [0.5, 0.6) is 0 Å². The van der Waals surface area contributed by atoms with Gasteiger partial charge in [-0.3, -0.25) is 9.59 Å². The first-order chi connectivity index (χ1) is 10.2. The van der Waals surface area contributed by atoms with Crippen LogP contribution >= 0.6 is 0 Å². The van der Waals surface area contributed by atoms with E-state index >= 15 is 0 Å². The molecule has 1 atom stereocenters. The number of carbonyl (C=O) groups is 2. The van der Waals surface area contributed by atoms with Crippen molar-refractivity contribution in [1.29, 1.82) is 0 Å². The molecule has 2 fully saturated rings. The molecular weight excluding hydrogens is 268 g/mol. The second-order valence-electron chi connectivity index (χ2n) is 5.69. The first-order valence-corrected chi connectivity index (χ1v) is 7.53. The van der Waals surface area contributed by atoms with Crippen molar-refractivity contribution in [2.75, 3.05) is 18.5 Å². The number of rotatable bonds is 5. The molecule has 1 aliphatic carbocycles. The van der Waals surface area contributed by atoms with Crippen LogP contribution in [0.3, 0.4) is 0 Å². The summed E-state index contributed by atoms with van der Waals surface area (Å²) >= 11 is 0. The van der Waals surface area contributed by atoms with Crippen molar-refractivity contribution in [3.05, 3.63) is 29.8 Å². The maximum Gasteiger partial charge on any atom is 0.251 e. The molecule has 5 heteroatoms. The number of hydrogen-bond donors (Lipinski definition) is 2. The fraction of sp³-hybridized carbons (Fsp3) is 0.500. The summed E-state index contributed by atoms with van der Waals surface area (Å²) in [5.74, 6) is 0.0712. The van der Waals surface area contributed by atoms with E-state index in [9.17, 15) is 9.59 Å². The highest BCUT2D eigenvalue weighted by molar-refractivity contribution is 5.98. The van der Waals surface area contributed by atoms with Crippen molar-refractivity contribution < 1.29 is 14.3 Å². The first-order valence-electron chi connectivity index (χ1n) is 7.53. The van der Waals surface area contributed by atoms with Gasteiger partial charge in [-0.25, -0.2) is 0 Å². The molecule has 1 aromatic carbocycles. The SMILES string of the molecule is O=C(NC[C@@H]1CCCO1)c1cccc(NC(=O)C2CC2)c1. The summed E-state index contributed by atoms with van der Waals surface area (Å²) in [6, 6.07) is 7.05. The summed E-state index contributed by atoms with van der Waals surface area (Å²) in [5.41, 5.74) is 1.23. The van der Waals surface area contributed by atoms with Crippen molar-refractivity contribution in [1.82, 2.24) is 5.32 Å². The molecule has 1 heterocycles. The van der Waals surface area contributed by atoms with Crippen LogP contribution in [0.25, 0.3) is 0 Å². The number of nitrogens with one attached hydrogen (secondary N) is 2. The van der Waals surface area contributed by atoms with Crippen molar-refractivity contribution >= 4 is 17.5 Å². The smallest absolute Gasteiger partial charge is 0.251 e. The predicted molar refractivity (Wildman–Crippen MR) is 79.1 cm³/mol. The van der Waals surface area contributed by atoms with E-state index in [2.05, 4.69) is 10.6 Å². The molecule has 0 radical (unpaired) electrons. The van der Waals surface area contributed by atoms with Gasteiger partial charge in [-0.1, -0.05) is 6.07 Å². The molecule has 1 saturated heterocycles. The molecule has 3 rings (SSSR count). The first kappa shape index (κ1) is 14.1. The molecule has 112 valence electrons. The monoisotopic (exact) mass is 288 g/mol. The zero-order valence-electron chi connectivity index (χ0n) is 11.9. The normalized spacial score (nSPS) is 21.0. The van der Waals surface area contributed by atoms with Gasteiger partial charge in [-0.15, -0.1) is 0 Å². The van der Waals surface area contributed by atoms with E-state index < -0.39 is 0 Å². The van der Waals surface area contributed by atoms with Gasteiger partial charge in [-0.2, -0.15) is 0 Å². The molecule has 0 aromatic heterocycles. The van der Waals surface area contributed by atoms with Crippen LogP contribution in [0.4, 0.5) is 5.69 Å². The summed E-state index contributed by atoms with van der Waals surface area (Å²) in [6.45, 7) is 1.32. The number of ether oxygens (including phenoxy) is 1. The van der Waals surface area contributed by atoms with Crippen molar-refractivity contribution in [3.63, 3.8) is 0 Å². The third kappa shape index (κ3) is 3.82. The summed E-state index contributed by atoms with van der Waals surface area (Å²) in [4.78, 5) is 23.8. The average Bonchev–Trinajstić information content (AvgIpc) is 3.22. The Morgan fingerprint density at radius 1 is 1.24 bits per heavy atom. The van der Waals surface area contributed by atoms with Crippen LogP contribution in [0.2, 0.25) is 0 Å². The van der Waals surface area contributed by atoms with E-state index in [4.69, 9.17) is 4.74 Å². The van der Waals surface area contributed by atoms with Crippen LogP contribution in [-0.2, 0) is 9.53 Å². The van der Waals surface area contributed by atoms with Gasteiger partial charge in [0.25, 0.3) is 5.91 Å². The van der Waals surface area contributed by atoms with Gasteiger partial charge in [0.15, 0.2) is 0 Å². The van der Waals surface area contributed by atoms with Crippen LogP contribution < -0.4 is 10.6 Å². The molecule has 0 unspecified atom stereocenters. The van der Waals surface area contributed by atoms with Crippen LogP contribution in [0.1, 0.15) is 36.0 Å². The Balaban J connectivity index is 1.56. The molecule has 2 aliphatic rings. The minimum Gasteiger partial charge on any atom is -0.376 e. The van der Waals surface area contributed by atoms with E-state index in [1.807, 2.05) is 0 Å². The third-order valence-corrected chi connectivity index (χ3v) is 3.85. The van der Waals surface area contributed by atoms with Gasteiger partial charge in [0.1, 0.15) is 0 Å². The summed E-state index contributed by atoms with van der Waals surface area (Å²) < 4.78 is 5.48. The van der Waals surface area contributed by atoms with Gasteiger partial charge in [-0.05, 0) is 43.9 Å². The van der Waals surface area contributed by atoms with Crippen molar-refractivity contribution in [3.8, 4) is 0 Å². The molecule has 0 bridgehead atoms. The highest BCUT2D eigenvalue weighted by atomic mass is 16.5. The fourth-order valence-corrected chi connectivity index (χ4v) is 2.44. The molecule has 0 spiro atoms. The second-order valence-corrected chi connectivity index (χ2v) is 5.69. The summed E-state index contributed by atoms with van der Waals surface area (Å²) in [5, 5.41) is 5.73. The van der Waals surface area contributed by atoms with Crippen LogP contribution in [0.15, 0.2) is 24.3 Å². The van der Waals surface area contributed by atoms with Crippen LogP contribution in [-0.4, -0.2) is 31.1 Å². The molecular formula is C16H20N2O3. The lowest BCUT2D eigenvalue weighted by atomic mass is 10.1. The number of anilines is 1. The zero-order chi connectivity index (χ0) is 14.7. The van der Waals surface area contributed by atoms with Crippen molar-refractivity contribution in [2.24, 2.45) is 5.92 Å². The van der Waals surface area contributed by atoms with E-state index in [0.717, 1.165) is 32.3 Å². The highest BCUT2D eigenvalue weighted by Crippen LogP contribution is 2.30. The van der Waals surface area contributed by atoms with Gasteiger partial charge in [0.05, 0.1) is 6.10 Å². The largest absolute Gasteiger partial charge is 0.376 e. The maximum atomic E-state index is 12.1. The third-order valence-electron chi connectivity index (χ3n) is 3.85. The fourth-order valence-electron chi connectivity index (χ4n) is 2.44. The highest BCUT2D eigenvalue weighted by Gasteiger charge is 2.29. The minimum absolute atomic E-state index is 0.0481. The second kappa shape index (κ2) is 6.26. The number of hydrogen-bond acceptors (Lipinski definition) is 3. The average molecular weight is 288 g/mol. The standard InChI is InChI=1S/C16H20N2O3/c19-15(17-10-14-5-2-8-21-14)12-3-1-4-13(9-12)18-16(20)11-6-7-11/h1,3-4,9,11,14H,2,5-8,10H2,(H,17,19)(H,18,20)/t14-/m0/s1. The Morgan fingerprint density at radius 3 is 2.81 bits per heavy atom. The topological polar surface area (TPSA) is 67.4 Å². The summed E-state index contributed by atoms with van der Waals surface area (Å²) in [7, 11) is 0. The molecule has 5 nitrogen and oxygen atoms in total. The van der Waals surface area contributed by atoms with Crippen molar-refractivity contribution in [2.45, 2.75) is 31.8 Å². The number of amides is 2. The predicted octanol–water partition coefficient (Wildman–Crippen LogP) is 1.94. The van der Waals surface area contributed by atoms with Gasteiger partial charge in [0.2, 0.25) is 5.91 Å².